The van der Waals surface area contributed by atoms with Crippen LogP contribution in [0.2, 0.25) is 5.02 Å². The standard InChI is InChI=1S/C33H40ClF/c1-2-3-4-5-25-6-8-26(9-7-25)10-11-27-12-14-28(15-13-27)16-17-29-18-20-30(21-19-29)31-22-23-32(34)33(35)24-31/h6-9,18-24,27-28H,2-5,10-17H2,1H3. The maximum atomic E-state index is 13.8. The predicted octanol–water partition coefficient (Wildman–Crippen LogP) is 10.3. The molecular formula is C33H40ClF. The predicted molar refractivity (Wildman–Crippen MR) is 149 cm³/mol. The van der Waals surface area contributed by atoms with Gasteiger partial charge in [-0.25, -0.2) is 4.39 Å². The number of hydrogen-bond donors (Lipinski definition) is 0. The third-order valence-electron chi connectivity index (χ3n) is 7.95. The Balaban J connectivity index is 1.15. The minimum atomic E-state index is -0.362. The van der Waals surface area contributed by atoms with E-state index in [1.54, 1.807) is 6.07 Å². The first-order valence-electron chi connectivity index (χ1n) is 13.7. The van der Waals surface area contributed by atoms with Gasteiger partial charge in [0.05, 0.1) is 5.02 Å². The molecule has 0 amide bonds. The first kappa shape index (κ1) is 26.0. The Labute approximate surface area is 216 Å². The normalized spacial score (nSPS) is 18.0. The van der Waals surface area contributed by atoms with Crippen molar-refractivity contribution in [3.05, 3.63) is 94.3 Å². The molecule has 0 radical (unpaired) electrons. The molecule has 4 rings (SSSR count). The Morgan fingerprint density at radius 3 is 1.66 bits per heavy atom. The Bertz CT molecular complexity index is 1030. The number of aryl methyl sites for hydroxylation is 3. The molecule has 0 atom stereocenters. The summed E-state index contributed by atoms with van der Waals surface area (Å²) in [7, 11) is 0. The summed E-state index contributed by atoms with van der Waals surface area (Å²) in [6, 6.07) is 23.0. The molecule has 0 saturated heterocycles. The highest BCUT2D eigenvalue weighted by Gasteiger charge is 2.21. The molecule has 0 heterocycles. The second-order valence-electron chi connectivity index (χ2n) is 10.6. The summed E-state index contributed by atoms with van der Waals surface area (Å²) >= 11 is 5.81. The summed E-state index contributed by atoms with van der Waals surface area (Å²) in [5.74, 6) is 1.40. The van der Waals surface area contributed by atoms with Crippen molar-refractivity contribution >= 4 is 11.6 Å². The summed E-state index contributed by atoms with van der Waals surface area (Å²) < 4.78 is 13.8. The molecule has 0 aromatic heterocycles. The van der Waals surface area contributed by atoms with Crippen LogP contribution in [0.3, 0.4) is 0 Å². The van der Waals surface area contributed by atoms with Crippen LogP contribution in [0.1, 0.15) is 81.4 Å². The molecule has 1 fully saturated rings. The van der Waals surface area contributed by atoms with Crippen molar-refractivity contribution < 1.29 is 4.39 Å². The van der Waals surface area contributed by atoms with Crippen molar-refractivity contribution in [1.29, 1.82) is 0 Å². The fourth-order valence-corrected chi connectivity index (χ4v) is 5.66. The average Bonchev–Trinajstić information content (AvgIpc) is 2.90. The van der Waals surface area contributed by atoms with E-state index in [0.29, 0.717) is 0 Å². The van der Waals surface area contributed by atoms with Crippen LogP contribution in [0.4, 0.5) is 4.39 Å². The number of hydrogen-bond acceptors (Lipinski definition) is 0. The first-order chi connectivity index (χ1) is 17.1. The highest BCUT2D eigenvalue weighted by atomic mass is 35.5. The molecular weight excluding hydrogens is 451 g/mol. The second kappa shape index (κ2) is 13.3. The molecule has 3 aromatic rings. The molecule has 1 aliphatic rings. The summed E-state index contributed by atoms with van der Waals surface area (Å²) in [6.07, 6.45) is 15.7. The van der Waals surface area contributed by atoms with E-state index < -0.39 is 0 Å². The Kier molecular flexibility index (Phi) is 9.83. The van der Waals surface area contributed by atoms with E-state index in [1.165, 1.54) is 93.4 Å². The van der Waals surface area contributed by atoms with Crippen molar-refractivity contribution in [3.63, 3.8) is 0 Å². The molecule has 2 heteroatoms. The monoisotopic (exact) mass is 490 g/mol. The van der Waals surface area contributed by atoms with Crippen LogP contribution in [0.15, 0.2) is 66.7 Å². The van der Waals surface area contributed by atoms with Crippen LogP contribution >= 0.6 is 11.6 Å². The zero-order valence-corrected chi connectivity index (χ0v) is 22.0. The molecule has 0 N–H and O–H groups in total. The van der Waals surface area contributed by atoms with E-state index in [2.05, 4.69) is 55.5 Å². The van der Waals surface area contributed by atoms with E-state index in [-0.39, 0.29) is 10.8 Å². The van der Waals surface area contributed by atoms with Gasteiger partial charge in [0.1, 0.15) is 5.82 Å². The van der Waals surface area contributed by atoms with Gasteiger partial charge in [0.25, 0.3) is 0 Å². The molecule has 0 bridgehead atoms. The zero-order valence-electron chi connectivity index (χ0n) is 21.2. The Hall–Kier alpha value is -2.12. The van der Waals surface area contributed by atoms with Gasteiger partial charge in [0.2, 0.25) is 0 Å². The van der Waals surface area contributed by atoms with E-state index in [0.717, 1.165) is 29.4 Å². The minimum Gasteiger partial charge on any atom is -0.205 e. The van der Waals surface area contributed by atoms with E-state index in [4.69, 9.17) is 11.6 Å². The van der Waals surface area contributed by atoms with Gasteiger partial charge < -0.3 is 0 Å². The zero-order chi connectivity index (χ0) is 24.5. The molecule has 1 aliphatic carbocycles. The molecule has 186 valence electrons. The molecule has 35 heavy (non-hydrogen) atoms. The van der Waals surface area contributed by atoms with Crippen LogP contribution in [-0.2, 0) is 19.3 Å². The van der Waals surface area contributed by atoms with Crippen LogP contribution in [-0.4, -0.2) is 0 Å². The van der Waals surface area contributed by atoms with Crippen molar-refractivity contribution in [1.82, 2.24) is 0 Å². The van der Waals surface area contributed by atoms with Crippen molar-refractivity contribution in [2.45, 2.75) is 84.0 Å². The maximum Gasteiger partial charge on any atom is 0.142 e. The van der Waals surface area contributed by atoms with Gasteiger partial charge in [-0.05, 0) is 90.3 Å². The average molecular weight is 491 g/mol. The van der Waals surface area contributed by atoms with Crippen molar-refractivity contribution in [2.24, 2.45) is 11.8 Å². The SMILES string of the molecule is CCCCCc1ccc(CCC2CCC(CCc3ccc(-c4ccc(Cl)c(F)c4)cc3)CC2)cc1. The van der Waals surface area contributed by atoms with Crippen LogP contribution in [0.5, 0.6) is 0 Å². The topological polar surface area (TPSA) is 0 Å². The van der Waals surface area contributed by atoms with Crippen LogP contribution in [0.25, 0.3) is 11.1 Å². The molecule has 0 spiro atoms. The van der Waals surface area contributed by atoms with Gasteiger partial charge in [-0.2, -0.15) is 0 Å². The van der Waals surface area contributed by atoms with Crippen molar-refractivity contribution in [2.75, 3.05) is 0 Å². The first-order valence-corrected chi connectivity index (χ1v) is 14.1. The fraction of sp³-hybridized carbons (Fsp3) is 0.455. The lowest BCUT2D eigenvalue weighted by molar-refractivity contribution is 0.253. The number of rotatable bonds is 11. The lowest BCUT2D eigenvalue weighted by atomic mass is 9.77. The summed E-state index contributed by atoms with van der Waals surface area (Å²) in [5, 5.41) is 0.173. The van der Waals surface area contributed by atoms with Crippen LogP contribution < -0.4 is 0 Å². The maximum absolute atomic E-state index is 13.8. The number of unbranched alkanes of at least 4 members (excludes halogenated alkanes) is 2. The highest BCUT2D eigenvalue weighted by molar-refractivity contribution is 6.30. The summed E-state index contributed by atoms with van der Waals surface area (Å²) in [5.41, 5.74) is 6.30. The largest absolute Gasteiger partial charge is 0.205 e. The second-order valence-corrected chi connectivity index (χ2v) is 11.0. The molecule has 0 aliphatic heterocycles. The quantitative estimate of drug-likeness (QED) is 0.234. The molecule has 3 aromatic carbocycles. The fourth-order valence-electron chi connectivity index (χ4n) is 5.54. The number of halogens is 2. The van der Waals surface area contributed by atoms with Crippen molar-refractivity contribution in [3.8, 4) is 11.1 Å². The van der Waals surface area contributed by atoms with Gasteiger partial charge in [0, 0.05) is 0 Å². The minimum absolute atomic E-state index is 0.173. The van der Waals surface area contributed by atoms with E-state index in [9.17, 15) is 4.39 Å². The molecule has 1 saturated carbocycles. The highest BCUT2D eigenvalue weighted by Crippen LogP contribution is 2.34. The molecule has 0 unspecified atom stereocenters. The Morgan fingerprint density at radius 2 is 1.14 bits per heavy atom. The summed E-state index contributed by atoms with van der Waals surface area (Å²) in [6.45, 7) is 2.27. The van der Waals surface area contributed by atoms with Gasteiger partial charge >= 0.3 is 0 Å². The smallest absolute Gasteiger partial charge is 0.142 e. The van der Waals surface area contributed by atoms with Crippen LogP contribution in [0, 0.1) is 17.7 Å². The van der Waals surface area contributed by atoms with E-state index >= 15 is 0 Å². The lowest BCUT2D eigenvalue weighted by Gasteiger charge is -2.28. The summed E-state index contributed by atoms with van der Waals surface area (Å²) in [4.78, 5) is 0. The third kappa shape index (κ3) is 7.94. The third-order valence-corrected chi connectivity index (χ3v) is 8.25. The van der Waals surface area contributed by atoms with Gasteiger partial charge in [-0.15, -0.1) is 0 Å². The Morgan fingerprint density at radius 1 is 0.657 bits per heavy atom. The van der Waals surface area contributed by atoms with Gasteiger partial charge in [0.15, 0.2) is 0 Å². The van der Waals surface area contributed by atoms with Gasteiger partial charge in [-0.1, -0.05) is 112 Å². The number of benzene rings is 3. The van der Waals surface area contributed by atoms with E-state index in [1.807, 2.05) is 6.07 Å². The lowest BCUT2D eigenvalue weighted by Crippen LogP contribution is -2.15. The van der Waals surface area contributed by atoms with Gasteiger partial charge in [-0.3, -0.25) is 0 Å². The molecule has 0 nitrogen and oxygen atoms in total.